The summed E-state index contributed by atoms with van der Waals surface area (Å²) in [4.78, 5) is 14.6. The number of esters is 1. The Balaban J connectivity index is 2.88. The predicted molar refractivity (Wildman–Crippen MR) is 49.9 cm³/mol. The SMILES string of the molecule is CCC(=O)Oc1ccc(C#N)c(Cl)n1. The van der Waals surface area contributed by atoms with Crippen LogP contribution < -0.4 is 4.74 Å². The minimum atomic E-state index is -0.390. The molecule has 1 rings (SSSR count). The molecule has 5 heteroatoms. The quantitative estimate of drug-likeness (QED) is 0.553. The molecule has 0 aliphatic carbocycles. The van der Waals surface area contributed by atoms with E-state index >= 15 is 0 Å². The van der Waals surface area contributed by atoms with Crippen LogP contribution in [-0.4, -0.2) is 11.0 Å². The van der Waals surface area contributed by atoms with Crippen molar-refractivity contribution in [2.24, 2.45) is 0 Å². The van der Waals surface area contributed by atoms with E-state index in [4.69, 9.17) is 21.6 Å². The highest BCUT2D eigenvalue weighted by Gasteiger charge is 2.06. The number of nitrogens with zero attached hydrogens (tertiary/aromatic N) is 2. The van der Waals surface area contributed by atoms with Crippen molar-refractivity contribution in [3.8, 4) is 11.9 Å². The third-order valence-corrected chi connectivity index (χ3v) is 1.74. The van der Waals surface area contributed by atoms with Gasteiger partial charge in [-0.2, -0.15) is 10.2 Å². The van der Waals surface area contributed by atoms with E-state index < -0.39 is 5.97 Å². The average Bonchev–Trinajstić information content (AvgIpc) is 2.18. The minimum Gasteiger partial charge on any atom is -0.407 e. The van der Waals surface area contributed by atoms with Crippen molar-refractivity contribution in [2.75, 3.05) is 0 Å². The van der Waals surface area contributed by atoms with Crippen molar-refractivity contribution in [3.63, 3.8) is 0 Å². The van der Waals surface area contributed by atoms with Gasteiger partial charge in [-0.3, -0.25) is 4.79 Å². The monoisotopic (exact) mass is 210 g/mol. The molecule has 1 heterocycles. The standard InChI is InChI=1S/C9H7ClN2O2/c1-2-8(13)14-7-4-3-6(5-11)9(10)12-7/h3-4H,2H2,1H3. The fraction of sp³-hybridized carbons (Fsp3) is 0.222. The van der Waals surface area contributed by atoms with Crippen LogP contribution in [0, 0.1) is 11.3 Å². The van der Waals surface area contributed by atoms with Crippen molar-refractivity contribution in [3.05, 3.63) is 22.8 Å². The number of halogens is 1. The summed E-state index contributed by atoms with van der Waals surface area (Å²) >= 11 is 5.63. The molecule has 0 saturated heterocycles. The van der Waals surface area contributed by atoms with E-state index in [1.807, 2.05) is 6.07 Å². The van der Waals surface area contributed by atoms with Crippen molar-refractivity contribution < 1.29 is 9.53 Å². The summed E-state index contributed by atoms with van der Waals surface area (Å²) in [6.45, 7) is 1.67. The molecule has 0 N–H and O–H groups in total. The van der Waals surface area contributed by atoms with Crippen LogP contribution in [-0.2, 0) is 4.79 Å². The van der Waals surface area contributed by atoms with Crippen LogP contribution in [0.5, 0.6) is 5.88 Å². The molecule has 0 saturated carbocycles. The molecule has 0 spiro atoms. The third-order valence-electron chi connectivity index (χ3n) is 1.45. The normalized spacial score (nSPS) is 9.21. The molecular formula is C9H7ClN2O2. The van der Waals surface area contributed by atoms with Crippen LogP contribution in [0.25, 0.3) is 0 Å². The Labute approximate surface area is 86.1 Å². The highest BCUT2D eigenvalue weighted by atomic mass is 35.5. The molecule has 1 aromatic heterocycles. The number of aromatic nitrogens is 1. The first-order valence-corrected chi connectivity index (χ1v) is 4.32. The van der Waals surface area contributed by atoms with Crippen molar-refractivity contribution in [1.82, 2.24) is 4.98 Å². The van der Waals surface area contributed by atoms with Crippen LogP contribution in [0.3, 0.4) is 0 Å². The maximum absolute atomic E-state index is 10.9. The first-order chi connectivity index (χ1) is 6.67. The molecule has 0 amide bonds. The van der Waals surface area contributed by atoms with Crippen LogP contribution in [0.15, 0.2) is 12.1 Å². The van der Waals surface area contributed by atoms with Gasteiger partial charge < -0.3 is 4.74 Å². The molecule has 0 aliphatic rings. The van der Waals surface area contributed by atoms with Gasteiger partial charge in [-0.1, -0.05) is 18.5 Å². The van der Waals surface area contributed by atoms with Gasteiger partial charge in [0.1, 0.15) is 6.07 Å². The summed E-state index contributed by atoms with van der Waals surface area (Å²) < 4.78 is 4.80. The summed E-state index contributed by atoms with van der Waals surface area (Å²) in [5, 5.41) is 8.59. The molecule has 14 heavy (non-hydrogen) atoms. The first kappa shape index (κ1) is 10.5. The lowest BCUT2D eigenvalue weighted by Crippen LogP contribution is -2.06. The Morgan fingerprint density at radius 1 is 1.71 bits per heavy atom. The second kappa shape index (κ2) is 4.58. The van der Waals surface area contributed by atoms with Crippen LogP contribution in [0.2, 0.25) is 5.15 Å². The maximum Gasteiger partial charge on any atom is 0.312 e. The highest BCUT2D eigenvalue weighted by Crippen LogP contribution is 2.17. The van der Waals surface area contributed by atoms with Gasteiger partial charge in [0.15, 0.2) is 5.15 Å². The van der Waals surface area contributed by atoms with Gasteiger partial charge in [0.2, 0.25) is 5.88 Å². The van der Waals surface area contributed by atoms with E-state index in [1.54, 1.807) is 6.92 Å². The molecule has 72 valence electrons. The van der Waals surface area contributed by atoms with Crippen LogP contribution >= 0.6 is 11.6 Å². The third kappa shape index (κ3) is 2.44. The van der Waals surface area contributed by atoms with Gasteiger partial charge in [0, 0.05) is 12.5 Å². The van der Waals surface area contributed by atoms with E-state index in [1.165, 1.54) is 12.1 Å². The number of rotatable bonds is 2. The summed E-state index contributed by atoms with van der Waals surface area (Å²) in [6, 6.07) is 4.74. The highest BCUT2D eigenvalue weighted by molar-refractivity contribution is 6.30. The number of carbonyl (C=O) groups excluding carboxylic acids is 1. The molecule has 0 bridgehead atoms. The number of nitriles is 1. The van der Waals surface area contributed by atoms with E-state index in [9.17, 15) is 4.79 Å². The topological polar surface area (TPSA) is 63.0 Å². The van der Waals surface area contributed by atoms with Gasteiger partial charge in [0.05, 0.1) is 5.56 Å². The van der Waals surface area contributed by atoms with Crippen LogP contribution in [0.1, 0.15) is 18.9 Å². The van der Waals surface area contributed by atoms with Gasteiger partial charge in [-0.05, 0) is 6.07 Å². The number of pyridine rings is 1. The fourth-order valence-corrected chi connectivity index (χ4v) is 0.935. The number of hydrogen-bond acceptors (Lipinski definition) is 4. The Morgan fingerprint density at radius 2 is 2.43 bits per heavy atom. The Kier molecular flexibility index (Phi) is 3.43. The lowest BCUT2D eigenvalue weighted by molar-refractivity contribution is -0.134. The zero-order valence-electron chi connectivity index (χ0n) is 7.45. The number of hydrogen-bond donors (Lipinski definition) is 0. The second-order valence-electron chi connectivity index (χ2n) is 2.43. The largest absolute Gasteiger partial charge is 0.407 e. The Bertz CT molecular complexity index is 398. The molecule has 0 fully saturated rings. The Hall–Kier alpha value is -1.60. The molecule has 0 radical (unpaired) electrons. The van der Waals surface area contributed by atoms with Crippen LogP contribution in [0.4, 0.5) is 0 Å². The van der Waals surface area contributed by atoms with E-state index in [0.717, 1.165) is 0 Å². The lowest BCUT2D eigenvalue weighted by atomic mass is 10.3. The maximum atomic E-state index is 10.9. The van der Waals surface area contributed by atoms with E-state index in [2.05, 4.69) is 4.98 Å². The van der Waals surface area contributed by atoms with Gasteiger partial charge in [-0.15, -0.1) is 0 Å². The van der Waals surface area contributed by atoms with Gasteiger partial charge in [0.25, 0.3) is 0 Å². The zero-order valence-corrected chi connectivity index (χ0v) is 8.21. The molecule has 1 aromatic rings. The molecule has 4 nitrogen and oxygen atoms in total. The predicted octanol–water partition coefficient (Wildman–Crippen LogP) is 1.92. The summed E-state index contributed by atoms with van der Waals surface area (Å²) in [7, 11) is 0. The summed E-state index contributed by atoms with van der Waals surface area (Å²) in [5.41, 5.74) is 0.253. The smallest absolute Gasteiger partial charge is 0.312 e. The average molecular weight is 211 g/mol. The number of carbonyl (C=O) groups is 1. The fourth-order valence-electron chi connectivity index (χ4n) is 0.747. The van der Waals surface area contributed by atoms with Gasteiger partial charge in [-0.25, -0.2) is 0 Å². The summed E-state index contributed by atoms with van der Waals surface area (Å²) in [6.07, 6.45) is 0.263. The lowest BCUT2D eigenvalue weighted by Gasteiger charge is -2.01. The van der Waals surface area contributed by atoms with Gasteiger partial charge >= 0.3 is 5.97 Å². The minimum absolute atomic E-state index is 0.0360. The van der Waals surface area contributed by atoms with Crippen molar-refractivity contribution in [1.29, 1.82) is 5.26 Å². The van der Waals surface area contributed by atoms with E-state index in [0.29, 0.717) is 0 Å². The molecule has 0 atom stereocenters. The zero-order chi connectivity index (χ0) is 10.6. The van der Waals surface area contributed by atoms with E-state index in [-0.39, 0.29) is 23.0 Å². The number of ether oxygens (including phenoxy) is 1. The van der Waals surface area contributed by atoms with Crippen molar-refractivity contribution in [2.45, 2.75) is 13.3 Å². The second-order valence-corrected chi connectivity index (χ2v) is 2.79. The summed E-state index contributed by atoms with van der Waals surface area (Å²) in [5.74, 6) is -0.279. The van der Waals surface area contributed by atoms with Crippen molar-refractivity contribution >= 4 is 17.6 Å². The Morgan fingerprint density at radius 3 is 2.93 bits per heavy atom. The molecule has 0 unspecified atom stereocenters. The molecule has 0 aromatic carbocycles. The molecular weight excluding hydrogens is 204 g/mol. The molecule has 0 aliphatic heterocycles. The first-order valence-electron chi connectivity index (χ1n) is 3.94.